The number of nitrogens with one attached hydrogen (secondary N) is 1. The van der Waals surface area contributed by atoms with Crippen LogP contribution in [0.4, 0.5) is 4.79 Å². The van der Waals surface area contributed by atoms with Crippen LogP contribution in [-0.2, 0) is 9.47 Å². The van der Waals surface area contributed by atoms with Crippen LogP contribution in [0.25, 0.3) is 0 Å². The highest BCUT2D eigenvalue weighted by molar-refractivity contribution is 5.74. The monoisotopic (exact) mass is 310 g/mol. The zero-order valence-corrected chi connectivity index (χ0v) is 13.8. The van der Waals surface area contributed by atoms with Crippen molar-refractivity contribution in [2.75, 3.05) is 39.5 Å². The van der Waals surface area contributed by atoms with Crippen molar-refractivity contribution in [3.05, 3.63) is 12.7 Å². The third-order valence-electron chi connectivity index (χ3n) is 4.70. The topological polar surface area (TPSA) is 50.8 Å². The summed E-state index contributed by atoms with van der Waals surface area (Å²) in [5, 5.41) is 3.12. The molecule has 22 heavy (non-hydrogen) atoms. The fraction of sp³-hybridized carbons (Fsp3) is 0.824. The Hall–Kier alpha value is -1.07. The van der Waals surface area contributed by atoms with Crippen LogP contribution in [0.3, 0.4) is 0 Å². The zero-order chi connectivity index (χ0) is 15.8. The minimum atomic E-state index is 0.0440. The molecule has 1 N–H and O–H groups in total. The van der Waals surface area contributed by atoms with Gasteiger partial charge in [0.1, 0.15) is 0 Å². The van der Waals surface area contributed by atoms with E-state index in [-0.39, 0.29) is 17.5 Å². The summed E-state index contributed by atoms with van der Waals surface area (Å²) in [5.41, 5.74) is 0.0815. The molecule has 2 aliphatic heterocycles. The van der Waals surface area contributed by atoms with Crippen molar-refractivity contribution in [2.24, 2.45) is 5.41 Å². The molecule has 0 aromatic rings. The van der Waals surface area contributed by atoms with Gasteiger partial charge in [-0.3, -0.25) is 0 Å². The highest BCUT2D eigenvalue weighted by Gasteiger charge is 2.38. The molecule has 2 heterocycles. The minimum Gasteiger partial charge on any atom is -0.381 e. The fourth-order valence-corrected chi connectivity index (χ4v) is 3.22. The Labute approximate surface area is 134 Å². The maximum absolute atomic E-state index is 12.5. The molecule has 5 nitrogen and oxygen atoms in total. The molecule has 1 atom stereocenters. The van der Waals surface area contributed by atoms with Crippen molar-refractivity contribution in [1.29, 1.82) is 0 Å². The second-order valence-electron chi connectivity index (χ2n) is 6.66. The molecule has 0 aliphatic carbocycles. The predicted octanol–water partition coefficient (Wildman–Crippen LogP) is 2.57. The highest BCUT2D eigenvalue weighted by Crippen LogP contribution is 2.33. The second kappa shape index (κ2) is 8.53. The van der Waals surface area contributed by atoms with Gasteiger partial charge in [0, 0.05) is 37.8 Å². The van der Waals surface area contributed by atoms with E-state index in [1.165, 1.54) is 0 Å². The van der Waals surface area contributed by atoms with Gasteiger partial charge >= 0.3 is 6.03 Å². The number of hydrogen-bond donors (Lipinski definition) is 1. The molecule has 2 rings (SSSR count). The van der Waals surface area contributed by atoms with E-state index in [2.05, 4.69) is 18.8 Å². The summed E-state index contributed by atoms with van der Waals surface area (Å²) in [4.78, 5) is 14.5. The quantitative estimate of drug-likeness (QED) is 0.627. The largest absolute Gasteiger partial charge is 0.381 e. The third kappa shape index (κ3) is 4.99. The molecule has 2 amide bonds. The minimum absolute atomic E-state index is 0.0440. The summed E-state index contributed by atoms with van der Waals surface area (Å²) in [6.07, 6.45) is 6.93. The van der Waals surface area contributed by atoms with Crippen molar-refractivity contribution >= 4 is 6.03 Å². The van der Waals surface area contributed by atoms with Gasteiger partial charge in [-0.1, -0.05) is 6.08 Å². The predicted molar refractivity (Wildman–Crippen MR) is 86.9 cm³/mol. The molecule has 1 unspecified atom stereocenters. The van der Waals surface area contributed by atoms with E-state index in [0.29, 0.717) is 13.2 Å². The van der Waals surface area contributed by atoms with Gasteiger partial charge in [-0.15, -0.1) is 6.58 Å². The van der Waals surface area contributed by atoms with Crippen LogP contribution in [0, 0.1) is 5.41 Å². The van der Waals surface area contributed by atoms with Crippen LogP contribution >= 0.6 is 0 Å². The summed E-state index contributed by atoms with van der Waals surface area (Å²) in [5.74, 6) is 0. The van der Waals surface area contributed by atoms with Gasteiger partial charge in [-0.25, -0.2) is 4.79 Å². The summed E-state index contributed by atoms with van der Waals surface area (Å²) in [6.45, 7) is 10.2. The SMILES string of the molecule is C=CCCCC(C)NC(=O)N1CCOCC2(CCOCC2)C1. The van der Waals surface area contributed by atoms with Crippen molar-refractivity contribution in [3.63, 3.8) is 0 Å². The number of amides is 2. The Kier molecular flexibility index (Phi) is 6.70. The first-order valence-corrected chi connectivity index (χ1v) is 8.47. The van der Waals surface area contributed by atoms with Crippen LogP contribution in [0.2, 0.25) is 0 Å². The number of ether oxygens (including phenoxy) is 2. The van der Waals surface area contributed by atoms with Gasteiger partial charge in [0.25, 0.3) is 0 Å². The Morgan fingerprint density at radius 1 is 1.36 bits per heavy atom. The fourth-order valence-electron chi connectivity index (χ4n) is 3.22. The summed E-state index contributed by atoms with van der Waals surface area (Å²) in [6, 6.07) is 0.240. The van der Waals surface area contributed by atoms with E-state index >= 15 is 0 Å². The lowest BCUT2D eigenvalue weighted by Crippen LogP contribution is -2.49. The van der Waals surface area contributed by atoms with Crippen molar-refractivity contribution in [2.45, 2.75) is 45.1 Å². The van der Waals surface area contributed by atoms with Gasteiger partial charge in [0.2, 0.25) is 0 Å². The Balaban J connectivity index is 1.86. The van der Waals surface area contributed by atoms with E-state index in [9.17, 15) is 4.79 Å². The zero-order valence-electron chi connectivity index (χ0n) is 13.8. The molecular formula is C17H30N2O3. The average Bonchev–Trinajstić information content (AvgIpc) is 2.71. The lowest BCUT2D eigenvalue weighted by Gasteiger charge is -2.38. The molecule has 126 valence electrons. The lowest BCUT2D eigenvalue weighted by molar-refractivity contribution is -0.0295. The van der Waals surface area contributed by atoms with E-state index < -0.39 is 0 Å². The van der Waals surface area contributed by atoms with Crippen LogP contribution in [0.5, 0.6) is 0 Å². The van der Waals surface area contributed by atoms with E-state index in [0.717, 1.165) is 58.5 Å². The van der Waals surface area contributed by atoms with Gasteiger partial charge in [-0.2, -0.15) is 0 Å². The summed E-state index contributed by atoms with van der Waals surface area (Å²) >= 11 is 0. The molecule has 1 spiro atoms. The van der Waals surface area contributed by atoms with Crippen LogP contribution in [0.1, 0.15) is 39.0 Å². The van der Waals surface area contributed by atoms with E-state index in [4.69, 9.17) is 9.47 Å². The van der Waals surface area contributed by atoms with Crippen molar-refractivity contribution in [3.8, 4) is 0 Å². The summed E-state index contributed by atoms with van der Waals surface area (Å²) in [7, 11) is 0. The van der Waals surface area contributed by atoms with E-state index in [1.54, 1.807) is 0 Å². The van der Waals surface area contributed by atoms with Gasteiger partial charge < -0.3 is 19.7 Å². The normalized spacial score (nSPS) is 22.9. The molecule has 5 heteroatoms. The van der Waals surface area contributed by atoms with Crippen LogP contribution < -0.4 is 5.32 Å². The molecule has 0 saturated carbocycles. The number of hydrogen-bond acceptors (Lipinski definition) is 3. The molecule has 0 aromatic heterocycles. The van der Waals surface area contributed by atoms with Crippen molar-refractivity contribution in [1.82, 2.24) is 10.2 Å². The van der Waals surface area contributed by atoms with E-state index in [1.807, 2.05) is 11.0 Å². The Bertz CT molecular complexity index is 367. The highest BCUT2D eigenvalue weighted by atomic mass is 16.5. The second-order valence-corrected chi connectivity index (χ2v) is 6.66. The molecule has 0 bridgehead atoms. The molecule has 2 fully saturated rings. The number of rotatable bonds is 5. The van der Waals surface area contributed by atoms with Crippen molar-refractivity contribution < 1.29 is 14.3 Å². The maximum Gasteiger partial charge on any atom is 0.317 e. The molecule has 0 radical (unpaired) electrons. The van der Waals surface area contributed by atoms with Gasteiger partial charge in [-0.05, 0) is 39.0 Å². The molecule has 2 aliphatic rings. The number of carbonyl (C=O) groups is 1. The van der Waals surface area contributed by atoms with Crippen LogP contribution in [0.15, 0.2) is 12.7 Å². The number of carbonyl (C=O) groups excluding carboxylic acids is 1. The third-order valence-corrected chi connectivity index (χ3v) is 4.70. The molecular weight excluding hydrogens is 280 g/mol. The first-order valence-electron chi connectivity index (χ1n) is 8.47. The smallest absolute Gasteiger partial charge is 0.317 e. The first-order chi connectivity index (χ1) is 10.7. The Morgan fingerprint density at radius 2 is 2.14 bits per heavy atom. The number of allylic oxidation sites excluding steroid dienone is 1. The lowest BCUT2D eigenvalue weighted by atomic mass is 9.80. The number of nitrogens with zero attached hydrogens (tertiary/aromatic N) is 1. The maximum atomic E-state index is 12.5. The molecule has 2 saturated heterocycles. The first kappa shape index (κ1) is 17.3. The van der Waals surface area contributed by atoms with Gasteiger partial charge in [0.05, 0.1) is 13.2 Å². The summed E-state index contributed by atoms with van der Waals surface area (Å²) < 4.78 is 11.2. The average molecular weight is 310 g/mol. The number of urea groups is 1. The standard InChI is InChI=1S/C17H30N2O3/c1-3-4-5-6-15(2)18-16(20)19-9-12-22-14-17(13-19)7-10-21-11-8-17/h3,15H,1,4-14H2,2H3,(H,18,20). The van der Waals surface area contributed by atoms with Gasteiger partial charge in [0.15, 0.2) is 0 Å². The number of unbranched alkanes of at least 4 members (excludes halogenated alkanes) is 1. The Morgan fingerprint density at radius 3 is 2.86 bits per heavy atom. The van der Waals surface area contributed by atoms with Crippen LogP contribution in [-0.4, -0.2) is 56.5 Å². The molecule has 0 aromatic carbocycles.